The summed E-state index contributed by atoms with van der Waals surface area (Å²) < 4.78 is 6.41. The molecule has 0 aliphatic carbocycles. The Hall–Kier alpha value is 0.719. The first kappa shape index (κ1) is 11.7. The van der Waals surface area contributed by atoms with Crippen LogP contribution in [-0.4, -0.2) is 54.7 Å². The van der Waals surface area contributed by atoms with Crippen LogP contribution in [0.2, 0.25) is 4.44 Å². The van der Waals surface area contributed by atoms with Crippen molar-refractivity contribution in [3.63, 3.8) is 0 Å². The minimum atomic E-state index is -1.29. The minimum absolute atomic E-state index is 1.29. The molecule has 0 amide bonds. The Balaban J connectivity index is 3.70. The van der Waals surface area contributed by atoms with Gasteiger partial charge in [-0.2, -0.15) is 0 Å². The summed E-state index contributed by atoms with van der Waals surface area (Å²) in [6, 6.07) is 0. The molecule has 0 saturated carbocycles. The van der Waals surface area contributed by atoms with Gasteiger partial charge in [0, 0.05) is 0 Å². The number of hydrogen-bond acceptors (Lipinski definition) is 2. The molecular formula is C8H21N2Sn. The van der Waals surface area contributed by atoms with E-state index in [2.05, 4.69) is 41.4 Å². The van der Waals surface area contributed by atoms with Gasteiger partial charge < -0.3 is 0 Å². The molecule has 0 heterocycles. The van der Waals surface area contributed by atoms with Gasteiger partial charge in [-0.25, -0.2) is 0 Å². The molecule has 67 valence electrons. The summed E-state index contributed by atoms with van der Waals surface area (Å²) >= 11 is -1.29. The second-order valence-electron chi connectivity index (χ2n) is 3.31. The molecule has 0 unspecified atom stereocenters. The molecule has 0 spiro atoms. The van der Waals surface area contributed by atoms with Crippen LogP contribution < -0.4 is 0 Å². The Labute approximate surface area is 79.0 Å². The fraction of sp³-hybridized carbons (Fsp3) is 1.00. The summed E-state index contributed by atoms with van der Waals surface area (Å²) in [5.41, 5.74) is 0. The van der Waals surface area contributed by atoms with E-state index in [1.165, 1.54) is 17.3 Å². The van der Waals surface area contributed by atoms with Crippen molar-refractivity contribution in [3.05, 3.63) is 0 Å². The molecule has 11 heavy (non-hydrogen) atoms. The van der Waals surface area contributed by atoms with Crippen LogP contribution in [0.4, 0.5) is 0 Å². The molecule has 0 aromatic carbocycles. The summed E-state index contributed by atoms with van der Waals surface area (Å²) in [6.45, 7) is 2.27. The van der Waals surface area contributed by atoms with Crippen LogP contribution >= 0.6 is 0 Å². The van der Waals surface area contributed by atoms with Crippen molar-refractivity contribution in [1.82, 2.24) is 6.24 Å². The molecule has 0 saturated heterocycles. The van der Waals surface area contributed by atoms with Crippen molar-refractivity contribution in [2.24, 2.45) is 0 Å². The molecule has 3 heteroatoms. The third-order valence-electron chi connectivity index (χ3n) is 1.79. The van der Waals surface area contributed by atoms with Gasteiger partial charge in [0.2, 0.25) is 0 Å². The average molecular weight is 264 g/mol. The Kier molecular flexibility index (Phi) is 6.67. The van der Waals surface area contributed by atoms with Gasteiger partial charge in [0.05, 0.1) is 0 Å². The van der Waals surface area contributed by atoms with Crippen molar-refractivity contribution in [2.75, 3.05) is 28.2 Å². The van der Waals surface area contributed by atoms with Crippen LogP contribution in [-0.2, 0) is 0 Å². The molecule has 0 fully saturated rings. The molecule has 0 bridgehead atoms. The topological polar surface area (TPSA) is 6.48 Å². The molecule has 0 aromatic heterocycles. The van der Waals surface area contributed by atoms with Crippen molar-refractivity contribution in [2.45, 2.75) is 24.2 Å². The third-order valence-corrected chi connectivity index (χ3v) is 9.97. The maximum absolute atomic E-state index is 2.47. The summed E-state index contributed by atoms with van der Waals surface area (Å²) in [6.07, 6.45) is 2.75. The fourth-order valence-electron chi connectivity index (χ4n) is 1.18. The normalized spacial score (nSPS) is 12.0. The van der Waals surface area contributed by atoms with Crippen molar-refractivity contribution in [1.29, 1.82) is 0 Å². The van der Waals surface area contributed by atoms with Crippen LogP contribution in [0.3, 0.4) is 0 Å². The Morgan fingerprint density at radius 1 is 1.00 bits per heavy atom. The molecule has 1 radical (unpaired) electrons. The van der Waals surface area contributed by atoms with E-state index in [9.17, 15) is 0 Å². The average Bonchev–Trinajstić information content (AvgIpc) is 1.87. The van der Waals surface area contributed by atoms with Crippen LogP contribution in [0.1, 0.15) is 19.8 Å². The first-order valence-electron chi connectivity index (χ1n) is 4.30. The number of rotatable bonds is 5. The van der Waals surface area contributed by atoms with Crippen molar-refractivity contribution in [3.8, 4) is 0 Å². The molecular weight excluding hydrogens is 243 g/mol. The molecule has 0 aliphatic heterocycles. The molecule has 0 aromatic rings. The van der Waals surface area contributed by atoms with Gasteiger partial charge in [-0.3, -0.25) is 0 Å². The Morgan fingerprint density at radius 2 is 1.45 bits per heavy atom. The Morgan fingerprint density at radius 3 is 1.73 bits per heavy atom. The van der Waals surface area contributed by atoms with E-state index in [1.807, 2.05) is 0 Å². The third kappa shape index (κ3) is 5.04. The van der Waals surface area contributed by atoms with Gasteiger partial charge >= 0.3 is 78.9 Å². The molecule has 0 atom stereocenters. The summed E-state index contributed by atoms with van der Waals surface area (Å²) in [7, 11) is 8.91. The van der Waals surface area contributed by atoms with Crippen molar-refractivity contribution < 1.29 is 0 Å². The van der Waals surface area contributed by atoms with Gasteiger partial charge in [0.15, 0.2) is 0 Å². The van der Waals surface area contributed by atoms with E-state index < -0.39 is 20.3 Å². The van der Waals surface area contributed by atoms with E-state index in [-0.39, 0.29) is 0 Å². The van der Waals surface area contributed by atoms with Gasteiger partial charge in [-0.05, 0) is 0 Å². The van der Waals surface area contributed by atoms with E-state index >= 15 is 0 Å². The zero-order valence-electron chi connectivity index (χ0n) is 8.52. The quantitative estimate of drug-likeness (QED) is 0.692. The Bertz CT molecular complexity index is 86.1. The van der Waals surface area contributed by atoms with E-state index in [0.29, 0.717) is 0 Å². The van der Waals surface area contributed by atoms with E-state index in [1.54, 1.807) is 0 Å². The fourth-order valence-corrected chi connectivity index (χ4v) is 7.93. The predicted molar refractivity (Wildman–Crippen MR) is 52.8 cm³/mol. The first-order chi connectivity index (χ1) is 5.09. The first-order valence-corrected chi connectivity index (χ1v) is 8.87. The second kappa shape index (κ2) is 6.26. The summed E-state index contributed by atoms with van der Waals surface area (Å²) in [5, 5.41) is 0. The second-order valence-corrected chi connectivity index (χ2v) is 12.2. The zero-order valence-corrected chi connectivity index (χ0v) is 11.4. The van der Waals surface area contributed by atoms with Crippen molar-refractivity contribution >= 4 is 20.3 Å². The monoisotopic (exact) mass is 265 g/mol. The summed E-state index contributed by atoms with van der Waals surface area (Å²) in [4.78, 5) is 0. The van der Waals surface area contributed by atoms with Crippen LogP contribution in [0.5, 0.6) is 0 Å². The van der Waals surface area contributed by atoms with E-state index in [4.69, 9.17) is 0 Å². The summed E-state index contributed by atoms with van der Waals surface area (Å²) in [5.74, 6) is 0. The number of unbranched alkanes of at least 4 members (excludes halogenated alkanes) is 1. The molecule has 0 N–H and O–H groups in total. The van der Waals surface area contributed by atoms with Gasteiger partial charge in [0.25, 0.3) is 0 Å². The standard InChI is InChI=1S/C4H9.2C2H6N.Sn/c1-3-4-2;2*1-3-2;/h1,3-4H2,2H3;2*1-2H3;/q;2*-1;+2. The predicted octanol–water partition coefficient (Wildman–Crippen LogP) is 1.40. The molecule has 2 nitrogen and oxygen atoms in total. The van der Waals surface area contributed by atoms with Crippen LogP contribution in [0.15, 0.2) is 0 Å². The molecule has 0 aliphatic rings. The van der Waals surface area contributed by atoms with Crippen LogP contribution in [0, 0.1) is 0 Å². The van der Waals surface area contributed by atoms with Gasteiger partial charge in [-0.1, -0.05) is 0 Å². The molecule has 0 rings (SSSR count). The van der Waals surface area contributed by atoms with Gasteiger partial charge in [0.1, 0.15) is 0 Å². The van der Waals surface area contributed by atoms with Gasteiger partial charge in [-0.15, -0.1) is 0 Å². The number of nitrogens with zero attached hydrogens (tertiary/aromatic N) is 2. The van der Waals surface area contributed by atoms with E-state index in [0.717, 1.165) is 0 Å². The SMILES string of the molecule is CCC[CH2][Sn]([N](C)C)[N](C)C. The maximum atomic E-state index is 2.47. The zero-order chi connectivity index (χ0) is 8.85. The number of hydrogen-bond donors (Lipinski definition) is 0. The van der Waals surface area contributed by atoms with Crippen LogP contribution in [0.25, 0.3) is 0 Å².